The quantitative estimate of drug-likeness (QED) is 0.0320. The summed E-state index contributed by atoms with van der Waals surface area (Å²) in [6.07, 6.45) is 104. The molecule has 6 heteroatoms. The molecule has 0 radical (unpaired) electrons. The molecule has 0 aliphatic heterocycles. The third-order valence-corrected chi connectivity index (χ3v) is 18.8. The Balaban J connectivity index is 3.33. The molecular weight excluding hydrogens is 1090 g/mol. The van der Waals surface area contributed by atoms with Gasteiger partial charge in [-0.2, -0.15) is 0 Å². The lowest BCUT2D eigenvalue weighted by Crippen LogP contribution is -2.45. The van der Waals surface area contributed by atoms with Crippen LogP contribution in [0.1, 0.15) is 444 Å². The van der Waals surface area contributed by atoms with Gasteiger partial charge in [0, 0.05) is 12.8 Å². The van der Waals surface area contributed by atoms with Crippen LogP contribution < -0.4 is 5.32 Å². The number of amides is 1. The summed E-state index contributed by atoms with van der Waals surface area (Å²) < 4.78 is 5.52. The molecule has 3 N–H and O–H groups in total. The first-order valence-electron chi connectivity index (χ1n) is 40.4. The molecule has 0 aromatic heterocycles. The normalized spacial score (nSPS) is 12.7. The van der Waals surface area contributed by atoms with Gasteiger partial charge in [-0.25, -0.2) is 0 Å². The van der Waals surface area contributed by atoms with Crippen LogP contribution in [0.2, 0.25) is 0 Å². The van der Waals surface area contributed by atoms with E-state index in [9.17, 15) is 19.8 Å². The number of carbonyl (C=O) groups excluding carboxylic acids is 2. The fraction of sp³-hybridized carbons (Fsp3) is 0.880. The zero-order valence-electron chi connectivity index (χ0n) is 60.2. The number of hydrogen-bond acceptors (Lipinski definition) is 5. The van der Waals surface area contributed by atoms with Gasteiger partial charge in [0.2, 0.25) is 5.91 Å². The molecule has 0 aliphatic carbocycles. The second-order valence-electron chi connectivity index (χ2n) is 27.7. The van der Waals surface area contributed by atoms with Crippen molar-refractivity contribution in [2.24, 2.45) is 0 Å². The maximum absolute atomic E-state index is 12.5. The molecule has 0 rings (SSSR count). The first-order chi connectivity index (χ1) is 44.0. The van der Waals surface area contributed by atoms with E-state index < -0.39 is 12.1 Å². The lowest BCUT2D eigenvalue weighted by Gasteiger charge is -2.20. The van der Waals surface area contributed by atoms with Gasteiger partial charge in [-0.1, -0.05) is 390 Å². The van der Waals surface area contributed by atoms with Crippen LogP contribution in [-0.4, -0.2) is 47.4 Å². The van der Waals surface area contributed by atoms with Crippen molar-refractivity contribution >= 4 is 11.9 Å². The van der Waals surface area contributed by atoms with Crippen LogP contribution in [0, 0.1) is 0 Å². The number of aliphatic hydroxyl groups excluding tert-OH is 2. The van der Waals surface area contributed by atoms with Gasteiger partial charge in [-0.15, -0.1) is 0 Å². The molecule has 89 heavy (non-hydrogen) atoms. The highest BCUT2D eigenvalue weighted by Gasteiger charge is 2.18. The maximum Gasteiger partial charge on any atom is 0.305 e. The number of nitrogens with one attached hydrogen (secondary N) is 1. The topological polar surface area (TPSA) is 95.9 Å². The number of allylic oxidation sites excluding steroid dienone is 7. The Kier molecular flexibility index (Phi) is 76.3. The van der Waals surface area contributed by atoms with Crippen LogP contribution in [0.25, 0.3) is 0 Å². The molecule has 0 bridgehead atoms. The fourth-order valence-electron chi connectivity index (χ4n) is 12.7. The minimum Gasteiger partial charge on any atom is -0.466 e. The van der Waals surface area contributed by atoms with Gasteiger partial charge in [0.25, 0.3) is 0 Å². The van der Waals surface area contributed by atoms with Crippen molar-refractivity contribution < 1.29 is 24.5 Å². The summed E-state index contributed by atoms with van der Waals surface area (Å²) in [6.45, 7) is 4.92. The van der Waals surface area contributed by atoms with Crippen molar-refractivity contribution in [1.82, 2.24) is 5.32 Å². The summed E-state index contributed by atoms with van der Waals surface area (Å²) in [6, 6.07) is -0.625. The molecule has 0 saturated carbocycles. The van der Waals surface area contributed by atoms with Crippen LogP contribution in [0.5, 0.6) is 0 Å². The highest BCUT2D eigenvalue weighted by atomic mass is 16.5. The van der Waals surface area contributed by atoms with Crippen molar-refractivity contribution in [3.63, 3.8) is 0 Å². The number of esters is 1. The predicted octanol–water partition coefficient (Wildman–Crippen LogP) is 26.8. The standard InChI is InChI=1S/C83H157NO5/c1-3-5-7-9-11-13-15-17-19-21-41-45-49-53-57-61-65-69-73-77-83(88)89-78-74-70-66-62-58-54-50-46-43-40-38-36-34-32-30-28-26-24-22-23-25-27-29-31-33-35-37-39-42-44-48-52-56-60-64-68-72-76-82(87)84-80(79-85)81(86)75-71-67-63-59-55-51-47-20-18-16-14-12-10-8-6-4-2/h11,13,17,19,22,24,71,75,80-81,85-86H,3-10,12,14-16,18,20-21,23,25-70,72-74,76-79H2,1-2H3,(H,84,87)/b13-11-,19-17-,24-22-,75-71+. The van der Waals surface area contributed by atoms with Crippen molar-refractivity contribution in [2.75, 3.05) is 13.2 Å². The van der Waals surface area contributed by atoms with E-state index in [-0.39, 0.29) is 18.5 Å². The van der Waals surface area contributed by atoms with Gasteiger partial charge in [0.1, 0.15) is 0 Å². The zero-order chi connectivity index (χ0) is 64.2. The molecule has 0 saturated heterocycles. The maximum atomic E-state index is 12.5. The minimum absolute atomic E-state index is 0.0179. The van der Waals surface area contributed by atoms with Gasteiger partial charge in [0.15, 0.2) is 0 Å². The summed E-state index contributed by atoms with van der Waals surface area (Å²) in [4.78, 5) is 24.6. The fourth-order valence-corrected chi connectivity index (χ4v) is 12.7. The first-order valence-corrected chi connectivity index (χ1v) is 40.4. The Morgan fingerprint density at radius 2 is 0.562 bits per heavy atom. The second kappa shape index (κ2) is 78.3. The minimum atomic E-state index is -0.842. The SMILES string of the molecule is CCCCC/C=C\C/C=C\CCCCCCCCCCCC(=O)OCCCCCCCCCCCCCCCCCC/C=C\CCCCCCCCCCCCCCCCCCCC(=O)NC(CO)C(O)/C=C/CCCCCCCCCCCCCCCC. The van der Waals surface area contributed by atoms with Gasteiger partial charge in [-0.05, 0) is 89.9 Å². The number of unbranched alkanes of at least 4 members (excludes halogenated alkanes) is 59. The summed E-state index contributed by atoms with van der Waals surface area (Å²) in [5, 5.41) is 23.2. The van der Waals surface area contributed by atoms with E-state index in [1.807, 2.05) is 6.08 Å². The second-order valence-corrected chi connectivity index (χ2v) is 27.7. The largest absolute Gasteiger partial charge is 0.466 e. The van der Waals surface area contributed by atoms with Crippen LogP contribution in [0.4, 0.5) is 0 Å². The van der Waals surface area contributed by atoms with E-state index in [0.717, 1.165) is 51.4 Å². The molecule has 0 aliphatic rings. The Morgan fingerprint density at radius 1 is 0.315 bits per heavy atom. The predicted molar refractivity (Wildman–Crippen MR) is 393 cm³/mol. The molecule has 2 atom stereocenters. The van der Waals surface area contributed by atoms with Crippen molar-refractivity contribution in [1.29, 1.82) is 0 Å². The summed E-state index contributed by atoms with van der Waals surface area (Å²) in [5.74, 6) is -0.0431. The first kappa shape index (κ1) is 86.8. The summed E-state index contributed by atoms with van der Waals surface area (Å²) in [7, 11) is 0. The van der Waals surface area contributed by atoms with Gasteiger partial charge in [0.05, 0.1) is 25.4 Å². The Bertz CT molecular complexity index is 1490. The van der Waals surface area contributed by atoms with E-state index in [2.05, 4.69) is 55.6 Å². The van der Waals surface area contributed by atoms with E-state index in [4.69, 9.17) is 4.74 Å². The number of ether oxygens (including phenoxy) is 1. The average molecular weight is 1250 g/mol. The van der Waals surface area contributed by atoms with E-state index >= 15 is 0 Å². The Labute approximate surface area is 556 Å². The van der Waals surface area contributed by atoms with Crippen LogP contribution in [0.15, 0.2) is 48.6 Å². The molecule has 2 unspecified atom stereocenters. The van der Waals surface area contributed by atoms with Crippen molar-refractivity contribution in [3.05, 3.63) is 48.6 Å². The molecule has 0 aromatic carbocycles. The Hall–Kier alpha value is -2.18. The number of aliphatic hydroxyl groups is 2. The highest BCUT2D eigenvalue weighted by molar-refractivity contribution is 5.76. The van der Waals surface area contributed by atoms with Crippen LogP contribution in [0.3, 0.4) is 0 Å². The van der Waals surface area contributed by atoms with E-state index in [1.54, 1.807) is 6.08 Å². The molecule has 6 nitrogen and oxygen atoms in total. The monoisotopic (exact) mass is 1250 g/mol. The number of hydrogen-bond donors (Lipinski definition) is 3. The van der Waals surface area contributed by atoms with Crippen molar-refractivity contribution in [2.45, 2.75) is 456 Å². The number of rotatable bonds is 76. The molecule has 0 aromatic rings. The average Bonchev–Trinajstić information content (AvgIpc) is 3.56. The molecular formula is C83H157NO5. The van der Waals surface area contributed by atoms with E-state index in [1.165, 1.54) is 366 Å². The van der Waals surface area contributed by atoms with E-state index in [0.29, 0.717) is 19.4 Å². The van der Waals surface area contributed by atoms with Gasteiger partial charge >= 0.3 is 5.97 Å². The number of carbonyl (C=O) groups is 2. The Morgan fingerprint density at radius 3 is 0.888 bits per heavy atom. The van der Waals surface area contributed by atoms with Gasteiger partial charge < -0.3 is 20.3 Å². The molecule has 0 heterocycles. The lowest BCUT2D eigenvalue weighted by molar-refractivity contribution is -0.143. The molecule has 0 spiro atoms. The smallest absolute Gasteiger partial charge is 0.305 e. The summed E-state index contributed by atoms with van der Waals surface area (Å²) >= 11 is 0. The van der Waals surface area contributed by atoms with Crippen LogP contribution >= 0.6 is 0 Å². The third kappa shape index (κ3) is 74.7. The van der Waals surface area contributed by atoms with Gasteiger partial charge in [-0.3, -0.25) is 9.59 Å². The zero-order valence-corrected chi connectivity index (χ0v) is 60.2. The molecule has 1 amide bonds. The van der Waals surface area contributed by atoms with Crippen molar-refractivity contribution in [3.8, 4) is 0 Å². The molecule has 0 fully saturated rings. The van der Waals surface area contributed by atoms with Crippen LogP contribution in [-0.2, 0) is 14.3 Å². The lowest BCUT2D eigenvalue weighted by atomic mass is 10.0. The third-order valence-electron chi connectivity index (χ3n) is 18.8. The summed E-state index contributed by atoms with van der Waals surface area (Å²) in [5.41, 5.74) is 0. The highest BCUT2D eigenvalue weighted by Crippen LogP contribution is 2.19. The molecule has 524 valence electrons.